The van der Waals surface area contributed by atoms with E-state index in [4.69, 9.17) is 9.47 Å². The van der Waals surface area contributed by atoms with E-state index in [1.54, 1.807) is 49.4 Å². The lowest BCUT2D eigenvalue weighted by Crippen LogP contribution is -2.22. The Morgan fingerprint density at radius 2 is 1.58 bits per heavy atom. The first-order chi connectivity index (χ1) is 12.5. The van der Waals surface area contributed by atoms with Gasteiger partial charge in [-0.1, -0.05) is 24.3 Å². The van der Waals surface area contributed by atoms with Gasteiger partial charge in [-0.3, -0.25) is 9.59 Å². The van der Waals surface area contributed by atoms with Crippen LogP contribution in [0.1, 0.15) is 23.7 Å². The van der Waals surface area contributed by atoms with Gasteiger partial charge in [0.1, 0.15) is 11.5 Å². The van der Waals surface area contributed by atoms with Crippen LogP contribution in [0, 0.1) is 0 Å². The van der Waals surface area contributed by atoms with E-state index < -0.39 is 5.91 Å². The number of rotatable bonds is 7. The molecule has 136 valence electrons. The lowest BCUT2D eigenvalue weighted by atomic mass is 10.2. The van der Waals surface area contributed by atoms with E-state index in [0.717, 1.165) is 0 Å². The van der Waals surface area contributed by atoms with E-state index in [1.807, 2.05) is 6.07 Å². The summed E-state index contributed by atoms with van der Waals surface area (Å²) in [6.07, 6.45) is 0.0320. The van der Waals surface area contributed by atoms with Crippen molar-refractivity contribution in [2.45, 2.75) is 13.3 Å². The number of carbonyl (C=O) groups excluding carboxylic acids is 2. The molecular weight excluding hydrogens is 334 g/mol. The van der Waals surface area contributed by atoms with Gasteiger partial charge in [0, 0.05) is 5.71 Å². The molecule has 0 heterocycles. The first-order valence-electron chi connectivity index (χ1n) is 7.94. The average Bonchev–Trinajstić information content (AvgIpc) is 2.66. The van der Waals surface area contributed by atoms with Crippen LogP contribution in [0.3, 0.4) is 0 Å². The summed E-state index contributed by atoms with van der Waals surface area (Å²) in [5.41, 5.74) is 3.83. The van der Waals surface area contributed by atoms with E-state index in [-0.39, 0.29) is 12.3 Å². The fourth-order valence-electron chi connectivity index (χ4n) is 2.25. The quantitative estimate of drug-likeness (QED) is 0.590. The maximum absolute atomic E-state index is 12.2. The highest BCUT2D eigenvalue weighted by atomic mass is 16.5. The Bertz CT molecular complexity index is 818. The van der Waals surface area contributed by atoms with Crippen molar-refractivity contribution in [1.82, 2.24) is 5.43 Å². The standard InChI is InChI=1S/C19H21N3O4/c1-13(12-18(23)20-15-9-5-7-11-17(15)26-3)21-22-19(24)14-8-4-6-10-16(14)25-2/h4-11H,12H2,1-3H3,(H,20,23)(H,22,24). The van der Waals surface area contributed by atoms with Crippen molar-refractivity contribution >= 4 is 23.2 Å². The SMILES string of the molecule is COc1ccccc1NC(=O)CC(C)=NNC(=O)c1ccccc1OC. The predicted octanol–water partition coefficient (Wildman–Crippen LogP) is 2.84. The van der Waals surface area contributed by atoms with E-state index in [2.05, 4.69) is 15.8 Å². The van der Waals surface area contributed by atoms with Crippen LogP contribution in [0.4, 0.5) is 5.69 Å². The molecule has 0 bridgehead atoms. The molecule has 2 amide bonds. The smallest absolute Gasteiger partial charge is 0.275 e. The zero-order chi connectivity index (χ0) is 18.9. The zero-order valence-electron chi connectivity index (χ0n) is 14.9. The van der Waals surface area contributed by atoms with Gasteiger partial charge in [-0.15, -0.1) is 0 Å². The van der Waals surface area contributed by atoms with Crippen LogP contribution in [0.5, 0.6) is 11.5 Å². The minimum absolute atomic E-state index is 0.0320. The minimum Gasteiger partial charge on any atom is -0.496 e. The molecule has 0 saturated carbocycles. The van der Waals surface area contributed by atoms with Crippen LogP contribution in [-0.4, -0.2) is 31.7 Å². The number of ether oxygens (including phenoxy) is 2. The second-order valence-corrected chi connectivity index (χ2v) is 5.41. The third-order valence-corrected chi connectivity index (χ3v) is 3.50. The highest BCUT2D eigenvalue weighted by Gasteiger charge is 2.12. The van der Waals surface area contributed by atoms with Gasteiger partial charge in [0.25, 0.3) is 5.91 Å². The van der Waals surface area contributed by atoms with E-state index in [0.29, 0.717) is 28.5 Å². The molecule has 0 atom stereocenters. The van der Waals surface area contributed by atoms with Crippen molar-refractivity contribution in [2.75, 3.05) is 19.5 Å². The van der Waals surface area contributed by atoms with Gasteiger partial charge in [-0.25, -0.2) is 5.43 Å². The Balaban J connectivity index is 1.95. The number of hydrogen-bond donors (Lipinski definition) is 2. The average molecular weight is 355 g/mol. The van der Waals surface area contributed by atoms with E-state index in [1.165, 1.54) is 14.2 Å². The summed E-state index contributed by atoms with van der Waals surface area (Å²) in [4.78, 5) is 24.3. The molecule has 7 nitrogen and oxygen atoms in total. The number of nitrogens with one attached hydrogen (secondary N) is 2. The molecule has 0 radical (unpaired) electrons. The van der Waals surface area contributed by atoms with E-state index in [9.17, 15) is 9.59 Å². The highest BCUT2D eigenvalue weighted by Crippen LogP contribution is 2.23. The summed E-state index contributed by atoms with van der Waals surface area (Å²) < 4.78 is 10.3. The number of anilines is 1. The fraction of sp³-hybridized carbons (Fsp3) is 0.211. The minimum atomic E-state index is -0.410. The molecule has 0 aromatic heterocycles. The molecule has 0 spiro atoms. The Morgan fingerprint density at radius 1 is 0.962 bits per heavy atom. The Kier molecular flexibility index (Phi) is 6.73. The summed E-state index contributed by atoms with van der Waals surface area (Å²) in [7, 11) is 3.02. The third-order valence-electron chi connectivity index (χ3n) is 3.50. The van der Waals surface area contributed by atoms with Crippen molar-refractivity contribution in [1.29, 1.82) is 0 Å². The van der Waals surface area contributed by atoms with Gasteiger partial charge < -0.3 is 14.8 Å². The molecule has 0 aliphatic heterocycles. The summed E-state index contributed by atoms with van der Waals surface area (Å²) in [5, 5.41) is 6.72. The highest BCUT2D eigenvalue weighted by molar-refractivity contribution is 6.06. The lowest BCUT2D eigenvalue weighted by molar-refractivity contribution is -0.115. The van der Waals surface area contributed by atoms with Crippen molar-refractivity contribution in [2.24, 2.45) is 5.10 Å². The summed E-state index contributed by atoms with van der Waals surface area (Å²) >= 11 is 0. The molecule has 2 rings (SSSR count). The van der Waals surface area contributed by atoms with Crippen molar-refractivity contribution in [3.8, 4) is 11.5 Å². The summed E-state index contributed by atoms with van der Waals surface area (Å²) in [6, 6.07) is 13.9. The van der Waals surface area contributed by atoms with Crippen LogP contribution in [0.2, 0.25) is 0 Å². The number of benzene rings is 2. The van der Waals surface area contributed by atoms with Gasteiger partial charge in [0.15, 0.2) is 0 Å². The molecule has 2 aromatic rings. The van der Waals surface area contributed by atoms with Gasteiger partial charge in [-0.2, -0.15) is 5.10 Å². The maximum Gasteiger partial charge on any atom is 0.275 e. The predicted molar refractivity (Wildman–Crippen MR) is 99.8 cm³/mol. The topological polar surface area (TPSA) is 89.0 Å². The molecule has 0 fully saturated rings. The summed E-state index contributed by atoms with van der Waals surface area (Å²) in [6.45, 7) is 1.66. The van der Waals surface area contributed by atoms with Crippen LogP contribution >= 0.6 is 0 Å². The van der Waals surface area contributed by atoms with E-state index >= 15 is 0 Å². The summed E-state index contributed by atoms with van der Waals surface area (Å²) in [5.74, 6) is 0.348. The maximum atomic E-state index is 12.2. The van der Waals surface area contributed by atoms with Gasteiger partial charge in [0.2, 0.25) is 5.91 Å². The molecule has 2 aromatic carbocycles. The number of nitrogens with zero attached hydrogens (tertiary/aromatic N) is 1. The first-order valence-corrected chi connectivity index (χ1v) is 7.94. The molecular formula is C19H21N3O4. The van der Waals surface area contributed by atoms with Crippen LogP contribution in [0.25, 0.3) is 0 Å². The molecule has 0 aliphatic carbocycles. The number of hydrazone groups is 1. The number of amides is 2. The second kappa shape index (κ2) is 9.22. The van der Waals surface area contributed by atoms with Gasteiger partial charge in [0.05, 0.1) is 31.9 Å². The lowest BCUT2D eigenvalue weighted by Gasteiger charge is -2.10. The number of methoxy groups -OCH3 is 2. The zero-order valence-corrected chi connectivity index (χ0v) is 14.9. The first kappa shape index (κ1) is 19.0. The molecule has 0 unspecified atom stereocenters. The number of para-hydroxylation sites is 3. The van der Waals surface area contributed by atoms with Crippen LogP contribution < -0.4 is 20.2 Å². The van der Waals surface area contributed by atoms with Crippen molar-refractivity contribution in [3.63, 3.8) is 0 Å². The Morgan fingerprint density at radius 3 is 2.27 bits per heavy atom. The Hall–Kier alpha value is -3.35. The van der Waals surface area contributed by atoms with Gasteiger partial charge in [-0.05, 0) is 31.2 Å². The van der Waals surface area contributed by atoms with Gasteiger partial charge >= 0.3 is 0 Å². The monoisotopic (exact) mass is 355 g/mol. The molecule has 0 saturated heterocycles. The largest absolute Gasteiger partial charge is 0.496 e. The van der Waals surface area contributed by atoms with Crippen LogP contribution in [0.15, 0.2) is 53.6 Å². The molecule has 0 aliphatic rings. The van der Waals surface area contributed by atoms with Crippen molar-refractivity contribution < 1.29 is 19.1 Å². The normalized spacial score (nSPS) is 10.8. The Labute approximate surface area is 152 Å². The number of hydrogen-bond acceptors (Lipinski definition) is 5. The van der Waals surface area contributed by atoms with Crippen molar-refractivity contribution in [3.05, 3.63) is 54.1 Å². The fourth-order valence-corrected chi connectivity index (χ4v) is 2.25. The third kappa shape index (κ3) is 5.07. The molecule has 7 heteroatoms. The number of carbonyl (C=O) groups is 2. The molecule has 26 heavy (non-hydrogen) atoms. The molecule has 2 N–H and O–H groups in total. The van der Waals surface area contributed by atoms with Crippen LogP contribution in [-0.2, 0) is 4.79 Å². The second-order valence-electron chi connectivity index (χ2n) is 5.41.